The molecule has 71 valence electrons. The molecule has 3 nitrogen and oxygen atoms in total. The number of rotatable bonds is 4. The molecule has 1 rings (SSSR count). The summed E-state index contributed by atoms with van der Waals surface area (Å²) in [6.07, 6.45) is 5.24. The monoisotopic (exact) mass is 365 g/mol. The van der Waals surface area contributed by atoms with E-state index in [-0.39, 0.29) is 0 Å². The molecule has 0 radical (unpaired) electrons. The van der Waals surface area contributed by atoms with Crippen LogP contribution in [0.5, 0.6) is 0 Å². The normalized spacial score (nSPS) is 17.1. The third kappa shape index (κ3) is 2.10. The standard InChI is InChI=1S/C8H13O3Si.Hf/c1-9-12(10-2,11-3)8-6-4-5-7-8;/h4,6H,5H2,1-3H3;. The fraction of sp³-hybridized carbons (Fsp3) is 0.500. The molecule has 5 heteroatoms. The molecule has 0 amide bonds. The van der Waals surface area contributed by atoms with Crippen molar-refractivity contribution >= 4 is 8.80 Å². The Kier molecular flexibility index (Phi) is 4.25. The molecule has 0 bridgehead atoms. The summed E-state index contributed by atoms with van der Waals surface area (Å²) in [4.78, 5) is 0. The quantitative estimate of drug-likeness (QED) is 0.702. The van der Waals surface area contributed by atoms with Gasteiger partial charge < -0.3 is 0 Å². The van der Waals surface area contributed by atoms with Crippen LogP contribution in [0.3, 0.4) is 0 Å². The van der Waals surface area contributed by atoms with E-state index in [0.29, 0.717) is 0 Å². The molecule has 1 aliphatic rings. The van der Waals surface area contributed by atoms with E-state index in [1.54, 1.807) is 21.3 Å². The topological polar surface area (TPSA) is 27.7 Å². The van der Waals surface area contributed by atoms with Crippen LogP contribution in [0.2, 0.25) is 0 Å². The van der Waals surface area contributed by atoms with Crippen molar-refractivity contribution in [1.29, 1.82) is 0 Å². The molecule has 0 aromatic heterocycles. The maximum atomic E-state index is 5.40. The fourth-order valence-corrected chi connectivity index (χ4v) is 5.70. The number of hydrogen-bond donors (Lipinski definition) is 0. The SMILES string of the molecule is CO[Si](OC)(OC)C1=[C]([Hf])CC=C1. The van der Waals surface area contributed by atoms with Gasteiger partial charge in [-0.25, -0.2) is 0 Å². The molecule has 0 fully saturated rings. The third-order valence-electron chi connectivity index (χ3n) is 2.07. The first-order chi connectivity index (χ1) is 6.20. The summed E-state index contributed by atoms with van der Waals surface area (Å²) < 4.78 is 17.6. The van der Waals surface area contributed by atoms with Crippen LogP contribution in [0.15, 0.2) is 20.7 Å². The molecule has 0 saturated heterocycles. The number of allylic oxidation sites excluding steroid dienone is 4. The molecule has 0 aliphatic heterocycles. The molecule has 0 aromatic rings. The van der Waals surface area contributed by atoms with E-state index in [1.165, 1.54) is 3.33 Å². The molecule has 0 atom stereocenters. The van der Waals surface area contributed by atoms with E-state index in [0.717, 1.165) is 36.0 Å². The van der Waals surface area contributed by atoms with Crippen molar-refractivity contribution in [3.05, 3.63) is 20.7 Å². The predicted molar refractivity (Wildman–Crippen MR) is 47.6 cm³/mol. The Morgan fingerprint density at radius 3 is 2.08 bits per heavy atom. The first-order valence-corrected chi connectivity index (χ1v) is 7.49. The van der Waals surface area contributed by atoms with Gasteiger partial charge in [-0.1, -0.05) is 0 Å². The van der Waals surface area contributed by atoms with E-state index in [9.17, 15) is 0 Å². The fourth-order valence-electron chi connectivity index (χ4n) is 1.37. The van der Waals surface area contributed by atoms with Crippen molar-refractivity contribution in [2.75, 3.05) is 21.3 Å². The minimum absolute atomic E-state index is 1.03. The van der Waals surface area contributed by atoms with Crippen LogP contribution in [-0.2, 0) is 37.7 Å². The van der Waals surface area contributed by atoms with Crippen molar-refractivity contribution in [3.8, 4) is 0 Å². The summed E-state index contributed by atoms with van der Waals surface area (Å²) in [5.41, 5.74) is 0. The predicted octanol–water partition coefficient (Wildman–Crippen LogP) is 1.16. The maximum absolute atomic E-state index is 5.40. The Bertz CT molecular complexity index is 238. The van der Waals surface area contributed by atoms with Crippen LogP contribution in [-0.4, -0.2) is 30.1 Å². The molecule has 13 heavy (non-hydrogen) atoms. The van der Waals surface area contributed by atoms with E-state index in [4.69, 9.17) is 13.3 Å². The van der Waals surface area contributed by atoms with Gasteiger partial charge in [0, 0.05) is 0 Å². The van der Waals surface area contributed by atoms with Gasteiger partial charge in [0.15, 0.2) is 0 Å². The van der Waals surface area contributed by atoms with Crippen molar-refractivity contribution in [2.45, 2.75) is 6.42 Å². The molecule has 0 aromatic carbocycles. The first kappa shape index (κ1) is 11.5. The van der Waals surface area contributed by atoms with Gasteiger partial charge in [-0.3, -0.25) is 0 Å². The average molecular weight is 364 g/mol. The summed E-state index contributed by atoms with van der Waals surface area (Å²) in [5, 5.41) is 1.16. The molecule has 0 spiro atoms. The van der Waals surface area contributed by atoms with Crippen LogP contribution >= 0.6 is 0 Å². The molecule has 0 unspecified atom stereocenters. The van der Waals surface area contributed by atoms with Gasteiger partial charge in [-0.15, -0.1) is 0 Å². The van der Waals surface area contributed by atoms with Crippen LogP contribution in [0.1, 0.15) is 6.42 Å². The molecule has 1 aliphatic carbocycles. The van der Waals surface area contributed by atoms with Gasteiger partial charge in [0.05, 0.1) is 0 Å². The summed E-state index contributed by atoms with van der Waals surface area (Å²) in [5.74, 6) is 0. The van der Waals surface area contributed by atoms with Crippen LogP contribution < -0.4 is 0 Å². The van der Waals surface area contributed by atoms with Gasteiger partial charge in [0.1, 0.15) is 0 Å². The minimum atomic E-state index is -2.52. The summed E-state index contributed by atoms with van der Waals surface area (Å²) in [6, 6.07) is 0. The van der Waals surface area contributed by atoms with Crippen LogP contribution in [0, 0.1) is 0 Å². The van der Waals surface area contributed by atoms with Crippen molar-refractivity contribution in [1.82, 2.24) is 0 Å². The molecular weight excluding hydrogens is 351 g/mol. The Balaban J connectivity index is 2.99. The second kappa shape index (κ2) is 4.79. The Morgan fingerprint density at radius 2 is 1.77 bits per heavy atom. The van der Waals surface area contributed by atoms with Crippen molar-refractivity contribution in [2.24, 2.45) is 0 Å². The van der Waals surface area contributed by atoms with Crippen molar-refractivity contribution in [3.63, 3.8) is 0 Å². The zero-order chi connectivity index (χ0) is 9.90. The molecule has 0 saturated carbocycles. The van der Waals surface area contributed by atoms with Crippen LogP contribution in [0.25, 0.3) is 0 Å². The molecule has 0 N–H and O–H groups in total. The Morgan fingerprint density at radius 1 is 1.23 bits per heavy atom. The third-order valence-corrected chi connectivity index (χ3v) is 7.41. The van der Waals surface area contributed by atoms with Gasteiger partial charge in [0.25, 0.3) is 0 Å². The van der Waals surface area contributed by atoms with Crippen molar-refractivity contribution < 1.29 is 37.7 Å². The summed E-state index contributed by atoms with van der Waals surface area (Å²) >= 11 is 1.04. The van der Waals surface area contributed by atoms with E-state index in [2.05, 4.69) is 12.2 Å². The average Bonchev–Trinajstić information content (AvgIpc) is 2.57. The Hall–Kier alpha value is 0.447. The van der Waals surface area contributed by atoms with Gasteiger partial charge in [0.2, 0.25) is 0 Å². The summed E-state index contributed by atoms with van der Waals surface area (Å²) in [6.45, 7) is 0. The Labute approximate surface area is 94.7 Å². The second-order valence-corrected chi connectivity index (χ2v) is 7.71. The van der Waals surface area contributed by atoms with E-state index in [1.807, 2.05) is 0 Å². The molecule has 0 heterocycles. The zero-order valence-electron chi connectivity index (χ0n) is 8.09. The van der Waals surface area contributed by atoms with E-state index < -0.39 is 8.80 Å². The van der Waals surface area contributed by atoms with E-state index >= 15 is 0 Å². The first-order valence-electron chi connectivity index (χ1n) is 3.97. The second-order valence-electron chi connectivity index (χ2n) is 2.67. The van der Waals surface area contributed by atoms with Crippen LogP contribution in [0.4, 0.5) is 0 Å². The number of hydrogen-bond acceptors (Lipinski definition) is 3. The molecular formula is C8H13HfO3Si. The van der Waals surface area contributed by atoms with Gasteiger partial charge in [-0.05, 0) is 0 Å². The van der Waals surface area contributed by atoms with Gasteiger partial charge >= 0.3 is 94.9 Å². The summed E-state index contributed by atoms with van der Waals surface area (Å²) in [7, 11) is 2.42. The zero-order valence-corrected chi connectivity index (χ0v) is 12.7. The van der Waals surface area contributed by atoms with Gasteiger partial charge in [-0.2, -0.15) is 0 Å².